The standard InChI is InChI=1S/C19H20N2/c1-2-17(15-9-5-3-6-10-15)19-12-8-4-7-11-18(19)16(13-20)14-21/h2-3,5-6,9-10,17,19H,1,4,7-8,11-12H2/t17-,19-/m0/s1. The fourth-order valence-corrected chi connectivity index (χ4v) is 3.30. The van der Waals surface area contributed by atoms with E-state index in [1.807, 2.05) is 24.3 Å². The van der Waals surface area contributed by atoms with Gasteiger partial charge in [-0.3, -0.25) is 0 Å². The third kappa shape index (κ3) is 3.41. The van der Waals surface area contributed by atoms with Crippen molar-refractivity contribution >= 4 is 0 Å². The van der Waals surface area contributed by atoms with Crippen molar-refractivity contribution in [3.8, 4) is 12.1 Å². The minimum atomic E-state index is 0.177. The van der Waals surface area contributed by atoms with Gasteiger partial charge in [-0.25, -0.2) is 0 Å². The first-order valence-corrected chi connectivity index (χ1v) is 7.52. The lowest BCUT2D eigenvalue weighted by atomic mass is 9.77. The number of hydrogen-bond donors (Lipinski definition) is 0. The molecular weight excluding hydrogens is 256 g/mol. The number of nitriles is 2. The molecule has 0 heterocycles. The Morgan fingerprint density at radius 3 is 2.48 bits per heavy atom. The average Bonchev–Trinajstić information content (AvgIpc) is 2.77. The van der Waals surface area contributed by atoms with E-state index in [1.165, 1.54) is 12.0 Å². The maximum atomic E-state index is 9.26. The van der Waals surface area contributed by atoms with Gasteiger partial charge < -0.3 is 0 Å². The Labute approximate surface area is 127 Å². The van der Waals surface area contributed by atoms with Crippen molar-refractivity contribution in [2.75, 3.05) is 0 Å². The van der Waals surface area contributed by atoms with E-state index in [1.54, 1.807) is 0 Å². The SMILES string of the molecule is C=C[C@@H](c1ccccc1)[C@@H]1CCCCCC1=C(C#N)C#N. The summed E-state index contributed by atoms with van der Waals surface area (Å²) in [5.74, 6) is 0.401. The molecule has 0 amide bonds. The number of nitrogens with zero attached hydrogens (tertiary/aromatic N) is 2. The van der Waals surface area contributed by atoms with Gasteiger partial charge in [0, 0.05) is 5.92 Å². The summed E-state index contributed by atoms with van der Waals surface area (Å²) in [6, 6.07) is 14.5. The first-order chi connectivity index (χ1) is 10.3. The number of benzene rings is 1. The Morgan fingerprint density at radius 2 is 1.86 bits per heavy atom. The van der Waals surface area contributed by atoms with Crippen LogP contribution in [0.1, 0.15) is 43.6 Å². The number of allylic oxidation sites excluding steroid dienone is 3. The predicted molar refractivity (Wildman–Crippen MR) is 84.2 cm³/mol. The Morgan fingerprint density at radius 1 is 1.14 bits per heavy atom. The predicted octanol–water partition coefficient (Wildman–Crippen LogP) is 4.88. The van der Waals surface area contributed by atoms with Crippen LogP contribution in [0.25, 0.3) is 0 Å². The molecule has 1 aliphatic rings. The Balaban J connectivity index is 2.46. The van der Waals surface area contributed by atoms with Gasteiger partial charge in [-0.1, -0.05) is 49.2 Å². The molecule has 2 heteroatoms. The summed E-state index contributed by atoms with van der Waals surface area (Å²) in [6.07, 6.45) is 7.24. The highest BCUT2D eigenvalue weighted by molar-refractivity contribution is 5.43. The normalized spacial score (nSPS) is 19.7. The lowest BCUT2D eigenvalue weighted by Crippen LogP contribution is -2.14. The van der Waals surface area contributed by atoms with Gasteiger partial charge in [-0.2, -0.15) is 10.5 Å². The highest BCUT2D eigenvalue weighted by atomic mass is 14.3. The van der Waals surface area contributed by atoms with E-state index in [-0.39, 0.29) is 11.8 Å². The van der Waals surface area contributed by atoms with Crippen LogP contribution < -0.4 is 0 Å². The summed E-state index contributed by atoms with van der Waals surface area (Å²) in [5.41, 5.74) is 2.56. The van der Waals surface area contributed by atoms with Crippen molar-refractivity contribution in [2.24, 2.45) is 5.92 Å². The molecule has 0 N–H and O–H groups in total. The topological polar surface area (TPSA) is 47.6 Å². The summed E-state index contributed by atoms with van der Waals surface area (Å²) in [7, 11) is 0. The molecule has 1 aromatic carbocycles. The molecule has 0 radical (unpaired) electrons. The second-order valence-electron chi connectivity index (χ2n) is 5.50. The smallest absolute Gasteiger partial charge is 0.129 e. The molecule has 0 unspecified atom stereocenters. The molecule has 1 aliphatic carbocycles. The maximum Gasteiger partial charge on any atom is 0.129 e. The molecule has 2 nitrogen and oxygen atoms in total. The summed E-state index contributed by atoms with van der Waals surface area (Å²) in [4.78, 5) is 0. The van der Waals surface area contributed by atoms with E-state index in [2.05, 4.69) is 30.9 Å². The van der Waals surface area contributed by atoms with Crippen molar-refractivity contribution in [2.45, 2.75) is 38.0 Å². The number of hydrogen-bond acceptors (Lipinski definition) is 2. The fraction of sp³-hybridized carbons (Fsp3) is 0.368. The van der Waals surface area contributed by atoms with Crippen LogP contribution in [0.15, 0.2) is 54.1 Å². The third-order valence-electron chi connectivity index (χ3n) is 4.33. The maximum absolute atomic E-state index is 9.26. The van der Waals surface area contributed by atoms with Crippen molar-refractivity contribution in [3.63, 3.8) is 0 Å². The molecule has 0 saturated heterocycles. The minimum absolute atomic E-state index is 0.177. The molecule has 1 aromatic rings. The van der Waals surface area contributed by atoms with Gasteiger partial charge in [0.1, 0.15) is 17.7 Å². The van der Waals surface area contributed by atoms with E-state index < -0.39 is 0 Å². The molecule has 0 aromatic heterocycles. The van der Waals surface area contributed by atoms with Crippen LogP contribution in [0.2, 0.25) is 0 Å². The molecule has 2 atom stereocenters. The highest BCUT2D eigenvalue weighted by Gasteiger charge is 2.28. The van der Waals surface area contributed by atoms with Crippen LogP contribution in [-0.4, -0.2) is 0 Å². The van der Waals surface area contributed by atoms with E-state index in [0.29, 0.717) is 5.57 Å². The molecule has 1 saturated carbocycles. The van der Waals surface area contributed by atoms with Gasteiger partial charge in [0.05, 0.1) is 0 Å². The largest absolute Gasteiger partial charge is 0.192 e. The van der Waals surface area contributed by atoms with Crippen molar-refractivity contribution in [3.05, 3.63) is 59.7 Å². The fourth-order valence-electron chi connectivity index (χ4n) is 3.30. The van der Waals surface area contributed by atoms with Crippen LogP contribution in [0.5, 0.6) is 0 Å². The minimum Gasteiger partial charge on any atom is -0.192 e. The van der Waals surface area contributed by atoms with Crippen molar-refractivity contribution in [1.82, 2.24) is 0 Å². The summed E-state index contributed by atoms with van der Waals surface area (Å²) in [5, 5.41) is 18.5. The van der Waals surface area contributed by atoms with Gasteiger partial charge in [0.25, 0.3) is 0 Å². The van der Waals surface area contributed by atoms with Crippen LogP contribution in [0.3, 0.4) is 0 Å². The molecule has 0 aliphatic heterocycles. The second kappa shape index (κ2) is 7.46. The van der Waals surface area contributed by atoms with Gasteiger partial charge >= 0.3 is 0 Å². The van der Waals surface area contributed by atoms with Gasteiger partial charge in [-0.15, -0.1) is 6.58 Å². The lowest BCUT2D eigenvalue weighted by Gasteiger charge is -2.26. The third-order valence-corrected chi connectivity index (χ3v) is 4.33. The van der Waals surface area contributed by atoms with Gasteiger partial charge in [0.2, 0.25) is 0 Å². The van der Waals surface area contributed by atoms with Gasteiger partial charge in [0.15, 0.2) is 0 Å². The second-order valence-corrected chi connectivity index (χ2v) is 5.50. The van der Waals surface area contributed by atoms with Crippen LogP contribution in [0.4, 0.5) is 0 Å². The van der Waals surface area contributed by atoms with Crippen LogP contribution >= 0.6 is 0 Å². The zero-order chi connectivity index (χ0) is 15.1. The monoisotopic (exact) mass is 276 g/mol. The van der Waals surface area contributed by atoms with Crippen molar-refractivity contribution < 1.29 is 0 Å². The molecule has 0 bridgehead atoms. The molecule has 21 heavy (non-hydrogen) atoms. The van der Waals surface area contributed by atoms with Gasteiger partial charge in [-0.05, 0) is 36.3 Å². The number of rotatable bonds is 3. The summed E-state index contributed by atoms with van der Waals surface area (Å²) < 4.78 is 0. The zero-order valence-corrected chi connectivity index (χ0v) is 12.3. The Kier molecular flexibility index (Phi) is 5.35. The molecule has 106 valence electrons. The molecular formula is C19H20N2. The van der Waals surface area contributed by atoms with E-state index >= 15 is 0 Å². The highest BCUT2D eigenvalue weighted by Crippen LogP contribution is 2.40. The molecule has 0 spiro atoms. The van der Waals surface area contributed by atoms with Crippen LogP contribution in [-0.2, 0) is 0 Å². The first-order valence-electron chi connectivity index (χ1n) is 7.52. The molecule has 2 rings (SSSR count). The first kappa shape index (κ1) is 15.1. The zero-order valence-electron chi connectivity index (χ0n) is 12.3. The Hall–Kier alpha value is -2.32. The molecule has 1 fully saturated rings. The average molecular weight is 276 g/mol. The quantitative estimate of drug-likeness (QED) is 0.448. The lowest BCUT2D eigenvalue weighted by molar-refractivity contribution is 0.500. The van der Waals surface area contributed by atoms with E-state index in [4.69, 9.17) is 0 Å². The summed E-state index contributed by atoms with van der Waals surface area (Å²) >= 11 is 0. The van der Waals surface area contributed by atoms with Crippen LogP contribution in [0, 0.1) is 28.6 Å². The summed E-state index contributed by atoms with van der Waals surface area (Å²) in [6.45, 7) is 4.00. The Bertz CT molecular complexity index is 583. The van der Waals surface area contributed by atoms with Crippen molar-refractivity contribution in [1.29, 1.82) is 10.5 Å². The van der Waals surface area contributed by atoms with E-state index in [0.717, 1.165) is 31.3 Å². The van der Waals surface area contributed by atoms with E-state index in [9.17, 15) is 10.5 Å².